The Bertz CT molecular complexity index is 982. The Balaban J connectivity index is 1.29. The molecule has 1 aromatic heterocycles. The standard InChI is InChI=1S/C22H23ClN2O2S2/c1-2-28-17-8-6-15(7-9-17)14-20(26)25-12-10-16(11-13-25)27-22-24-21-18(23)4-3-5-19(21)29-22/h3-9,16H,2,10-14H2,1H3. The van der Waals surface area contributed by atoms with Gasteiger partial charge in [-0.1, -0.05) is 48.1 Å². The zero-order valence-electron chi connectivity index (χ0n) is 16.3. The highest BCUT2D eigenvalue weighted by molar-refractivity contribution is 7.99. The van der Waals surface area contributed by atoms with Crippen LogP contribution in [0.2, 0.25) is 5.02 Å². The van der Waals surface area contributed by atoms with Crippen LogP contribution >= 0.6 is 34.7 Å². The number of thiazole rings is 1. The topological polar surface area (TPSA) is 42.4 Å². The van der Waals surface area contributed by atoms with Gasteiger partial charge in [-0.15, -0.1) is 11.8 Å². The Morgan fingerprint density at radius 3 is 2.69 bits per heavy atom. The largest absolute Gasteiger partial charge is 0.467 e. The molecule has 0 N–H and O–H groups in total. The van der Waals surface area contributed by atoms with E-state index in [0.29, 0.717) is 16.6 Å². The summed E-state index contributed by atoms with van der Waals surface area (Å²) in [4.78, 5) is 20.4. The molecular weight excluding hydrogens is 424 g/mol. The molecule has 0 unspecified atom stereocenters. The Morgan fingerprint density at radius 2 is 2.00 bits per heavy atom. The van der Waals surface area contributed by atoms with E-state index in [0.717, 1.165) is 47.5 Å². The van der Waals surface area contributed by atoms with Crippen molar-refractivity contribution in [2.45, 2.75) is 37.2 Å². The zero-order chi connectivity index (χ0) is 20.2. The summed E-state index contributed by atoms with van der Waals surface area (Å²) in [6, 6.07) is 14.1. The van der Waals surface area contributed by atoms with E-state index >= 15 is 0 Å². The van der Waals surface area contributed by atoms with Crippen LogP contribution in [0.4, 0.5) is 0 Å². The number of fused-ring (bicyclic) bond motifs is 1. The summed E-state index contributed by atoms with van der Waals surface area (Å²) in [5.41, 5.74) is 1.87. The molecule has 152 valence electrons. The van der Waals surface area contributed by atoms with Gasteiger partial charge in [0.15, 0.2) is 0 Å². The molecule has 4 nitrogen and oxygen atoms in total. The van der Waals surface area contributed by atoms with Gasteiger partial charge in [-0.05, 0) is 35.6 Å². The van der Waals surface area contributed by atoms with Gasteiger partial charge < -0.3 is 9.64 Å². The molecule has 1 saturated heterocycles. The number of hydrogen-bond acceptors (Lipinski definition) is 5. The van der Waals surface area contributed by atoms with E-state index in [1.807, 2.05) is 34.9 Å². The fourth-order valence-corrected chi connectivity index (χ4v) is 5.31. The second-order valence-electron chi connectivity index (χ2n) is 7.02. The number of halogens is 1. The van der Waals surface area contributed by atoms with Crippen LogP contribution in [0.15, 0.2) is 47.4 Å². The number of thioether (sulfide) groups is 1. The van der Waals surface area contributed by atoms with Crippen molar-refractivity contribution >= 4 is 50.8 Å². The number of nitrogens with zero attached hydrogens (tertiary/aromatic N) is 2. The summed E-state index contributed by atoms with van der Waals surface area (Å²) >= 11 is 9.53. The monoisotopic (exact) mass is 446 g/mol. The lowest BCUT2D eigenvalue weighted by atomic mass is 10.1. The van der Waals surface area contributed by atoms with Gasteiger partial charge in [0.2, 0.25) is 5.91 Å². The van der Waals surface area contributed by atoms with E-state index in [9.17, 15) is 4.79 Å². The van der Waals surface area contributed by atoms with E-state index in [1.54, 1.807) is 0 Å². The van der Waals surface area contributed by atoms with Crippen molar-refractivity contribution in [3.8, 4) is 5.19 Å². The van der Waals surface area contributed by atoms with Crippen LogP contribution in [-0.4, -0.2) is 40.7 Å². The van der Waals surface area contributed by atoms with Crippen LogP contribution in [0, 0.1) is 0 Å². The summed E-state index contributed by atoms with van der Waals surface area (Å²) in [5, 5.41) is 1.30. The average molecular weight is 447 g/mol. The summed E-state index contributed by atoms with van der Waals surface area (Å²) in [5.74, 6) is 1.24. The molecule has 0 saturated carbocycles. The molecule has 29 heavy (non-hydrogen) atoms. The van der Waals surface area contributed by atoms with Gasteiger partial charge in [0.1, 0.15) is 11.6 Å². The van der Waals surface area contributed by atoms with Crippen LogP contribution < -0.4 is 4.74 Å². The third-order valence-corrected chi connectivity index (χ3v) is 7.11. The second-order valence-corrected chi connectivity index (χ2v) is 9.76. The fraction of sp³-hybridized carbons (Fsp3) is 0.364. The number of para-hydroxylation sites is 1. The molecule has 0 aliphatic carbocycles. The lowest BCUT2D eigenvalue weighted by Crippen LogP contribution is -2.42. The predicted octanol–water partition coefficient (Wildman–Crippen LogP) is 5.67. The Labute approximate surface area is 184 Å². The number of amides is 1. The van der Waals surface area contributed by atoms with Crippen molar-refractivity contribution < 1.29 is 9.53 Å². The van der Waals surface area contributed by atoms with Gasteiger partial charge in [-0.25, -0.2) is 4.98 Å². The van der Waals surface area contributed by atoms with E-state index in [1.165, 1.54) is 16.2 Å². The zero-order valence-corrected chi connectivity index (χ0v) is 18.7. The van der Waals surface area contributed by atoms with Crippen molar-refractivity contribution in [2.75, 3.05) is 18.8 Å². The van der Waals surface area contributed by atoms with Gasteiger partial charge in [0, 0.05) is 30.8 Å². The molecule has 1 amide bonds. The van der Waals surface area contributed by atoms with Gasteiger partial charge >= 0.3 is 0 Å². The number of likely N-dealkylation sites (tertiary alicyclic amines) is 1. The van der Waals surface area contributed by atoms with E-state index in [4.69, 9.17) is 16.3 Å². The van der Waals surface area contributed by atoms with Crippen molar-refractivity contribution in [1.82, 2.24) is 9.88 Å². The molecule has 2 aromatic carbocycles. The molecule has 4 rings (SSSR count). The average Bonchev–Trinajstić information content (AvgIpc) is 3.14. The number of benzene rings is 2. The molecule has 1 fully saturated rings. The minimum Gasteiger partial charge on any atom is -0.467 e. The minimum absolute atomic E-state index is 0.0868. The molecule has 7 heteroatoms. The highest BCUT2D eigenvalue weighted by atomic mass is 35.5. The van der Waals surface area contributed by atoms with Crippen molar-refractivity contribution in [3.63, 3.8) is 0 Å². The molecule has 2 heterocycles. The highest BCUT2D eigenvalue weighted by Crippen LogP contribution is 2.33. The van der Waals surface area contributed by atoms with Crippen molar-refractivity contribution in [2.24, 2.45) is 0 Å². The Hall–Kier alpha value is -1.76. The minimum atomic E-state index is 0.0868. The van der Waals surface area contributed by atoms with Crippen molar-refractivity contribution in [3.05, 3.63) is 53.1 Å². The molecule has 0 bridgehead atoms. The summed E-state index contributed by atoms with van der Waals surface area (Å²) < 4.78 is 7.12. The molecule has 3 aromatic rings. The SMILES string of the molecule is CCSc1ccc(CC(=O)N2CCC(Oc3nc4c(Cl)cccc4s3)CC2)cc1. The number of rotatable bonds is 6. The van der Waals surface area contributed by atoms with Crippen LogP contribution in [-0.2, 0) is 11.2 Å². The number of carbonyl (C=O) groups is 1. The van der Waals surface area contributed by atoms with E-state index < -0.39 is 0 Å². The van der Waals surface area contributed by atoms with Crippen LogP contribution in [0.25, 0.3) is 10.2 Å². The first kappa shape index (κ1) is 20.5. The highest BCUT2D eigenvalue weighted by Gasteiger charge is 2.25. The molecule has 1 aliphatic rings. The van der Waals surface area contributed by atoms with Gasteiger partial charge in [0.05, 0.1) is 16.1 Å². The number of aromatic nitrogens is 1. The maximum Gasteiger partial charge on any atom is 0.274 e. The quantitative estimate of drug-likeness (QED) is 0.457. The lowest BCUT2D eigenvalue weighted by Gasteiger charge is -2.31. The van der Waals surface area contributed by atoms with E-state index in [2.05, 4.69) is 36.2 Å². The number of carbonyl (C=O) groups excluding carboxylic acids is 1. The summed E-state index contributed by atoms with van der Waals surface area (Å²) in [6.45, 7) is 3.58. The third-order valence-electron chi connectivity index (χ3n) is 5.00. The Morgan fingerprint density at radius 1 is 1.24 bits per heavy atom. The number of ether oxygens (including phenoxy) is 1. The molecule has 0 spiro atoms. The smallest absolute Gasteiger partial charge is 0.274 e. The van der Waals surface area contributed by atoms with E-state index in [-0.39, 0.29) is 12.0 Å². The van der Waals surface area contributed by atoms with Gasteiger partial charge in [-0.2, -0.15) is 0 Å². The lowest BCUT2D eigenvalue weighted by molar-refractivity contribution is -0.132. The fourth-order valence-electron chi connectivity index (χ4n) is 3.47. The predicted molar refractivity (Wildman–Crippen MR) is 121 cm³/mol. The number of piperidine rings is 1. The van der Waals surface area contributed by atoms with Crippen LogP contribution in [0.5, 0.6) is 5.19 Å². The van der Waals surface area contributed by atoms with Crippen molar-refractivity contribution in [1.29, 1.82) is 0 Å². The van der Waals surface area contributed by atoms with Crippen LogP contribution in [0.3, 0.4) is 0 Å². The number of hydrogen-bond donors (Lipinski definition) is 0. The van der Waals surface area contributed by atoms with Crippen LogP contribution in [0.1, 0.15) is 25.3 Å². The Kier molecular flexibility index (Phi) is 6.63. The first-order chi connectivity index (χ1) is 14.1. The first-order valence-electron chi connectivity index (χ1n) is 9.83. The maximum absolute atomic E-state index is 12.7. The summed E-state index contributed by atoms with van der Waals surface area (Å²) in [6.07, 6.45) is 2.19. The normalized spacial score (nSPS) is 15.0. The molecule has 0 atom stereocenters. The first-order valence-corrected chi connectivity index (χ1v) is 12.0. The van der Waals surface area contributed by atoms with Gasteiger partial charge in [0.25, 0.3) is 5.19 Å². The summed E-state index contributed by atoms with van der Waals surface area (Å²) in [7, 11) is 0. The van der Waals surface area contributed by atoms with Gasteiger partial charge in [-0.3, -0.25) is 4.79 Å². The maximum atomic E-state index is 12.7. The second kappa shape index (κ2) is 9.37. The molecule has 1 aliphatic heterocycles. The molecular formula is C22H23ClN2O2S2. The third kappa shape index (κ3) is 5.05. The molecule has 0 radical (unpaired) electrons.